The minimum absolute atomic E-state index is 0.463. The molecule has 0 saturated carbocycles. The number of hydrogen-bond donors (Lipinski definition) is 1. The van der Waals surface area contributed by atoms with Crippen molar-refractivity contribution in [3.63, 3.8) is 0 Å². The summed E-state index contributed by atoms with van der Waals surface area (Å²) in [6.45, 7) is 1.86. The highest BCUT2D eigenvalue weighted by atomic mass is 16.5. The molecular weight excluding hydrogens is 190 g/mol. The molecule has 0 radical (unpaired) electrons. The van der Waals surface area contributed by atoms with E-state index >= 15 is 0 Å². The molecule has 0 amide bonds. The van der Waals surface area contributed by atoms with Gasteiger partial charge in [0.25, 0.3) is 0 Å². The van der Waals surface area contributed by atoms with Gasteiger partial charge in [-0.2, -0.15) is 0 Å². The fraction of sp³-hybridized carbons (Fsp3) is 0.250. The van der Waals surface area contributed by atoms with E-state index in [1.807, 2.05) is 43.3 Å². The van der Waals surface area contributed by atoms with Crippen LogP contribution < -0.4 is 0 Å². The summed E-state index contributed by atoms with van der Waals surface area (Å²) in [5, 5.41) is 13.7. The highest BCUT2D eigenvalue weighted by Crippen LogP contribution is 2.18. The molecule has 0 saturated heterocycles. The van der Waals surface area contributed by atoms with Crippen LogP contribution in [0.5, 0.6) is 0 Å². The number of rotatable bonds is 3. The lowest BCUT2D eigenvalue weighted by molar-refractivity contribution is 0.166. The number of aliphatic hydroxyl groups excluding tert-OH is 1. The second-order valence-corrected chi connectivity index (χ2v) is 3.57. The van der Waals surface area contributed by atoms with Crippen LogP contribution >= 0.6 is 0 Å². The quantitative estimate of drug-likeness (QED) is 0.832. The van der Waals surface area contributed by atoms with Crippen molar-refractivity contribution in [1.82, 2.24) is 5.16 Å². The lowest BCUT2D eigenvalue weighted by Gasteiger charge is -2.07. The third-order valence-electron chi connectivity index (χ3n) is 2.26. The highest BCUT2D eigenvalue weighted by molar-refractivity contribution is 5.19. The van der Waals surface area contributed by atoms with Gasteiger partial charge >= 0.3 is 0 Å². The summed E-state index contributed by atoms with van der Waals surface area (Å²) in [5.41, 5.74) is 1.73. The van der Waals surface area contributed by atoms with Crippen molar-refractivity contribution in [2.75, 3.05) is 0 Å². The third-order valence-corrected chi connectivity index (χ3v) is 2.26. The van der Waals surface area contributed by atoms with Crippen LogP contribution in [0.2, 0.25) is 0 Å². The molecule has 15 heavy (non-hydrogen) atoms. The summed E-state index contributed by atoms with van der Waals surface area (Å²) < 4.78 is 5.05. The Morgan fingerprint density at radius 2 is 2.07 bits per heavy atom. The molecule has 0 spiro atoms. The topological polar surface area (TPSA) is 46.3 Å². The first kappa shape index (κ1) is 9.93. The summed E-state index contributed by atoms with van der Waals surface area (Å²) in [5.74, 6) is 0.712. The minimum atomic E-state index is -0.529. The van der Waals surface area contributed by atoms with Gasteiger partial charge in [0.15, 0.2) is 0 Å². The van der Waals surface area contributed by atoms with Crippen LogP contribution in [0.1, 0.15) is 23.1 Å². The summed E-state index contributed by atoms with van der Waals surface area (Å²) in [6.07, 6.45) is -0.0660. The minimum Gasteiger partial charge on any atom is -0.388 e. The first-order chi connectivity index (χ1) is 7.25. The fourth-order valence-electron chi connectivity index (χ4n) is 1.50. The van der Waals surface area contributed by atoms with E-state index in [0.29, 0.717) is 12.2 Å². The van der Waals surface area contributed by atoms with E-state index in [1.54, 1.807) is 0 Å². The SMILES string of the molecule is Cc1cc(C[C@@H](O)c2ccccc2)on1. The van der Waals surface area contributed by atoms with E-state index in [1.165, 1.54) is 0 Å². The van der Waals surface area contributed by atoms with Crippen molar-refractivity contribution in [1.29, 1.82) is 0 Å². The first-order valence-corrected chi connectivity index (χ1v) is 4.91. The van der Waals surface area contributed by atoms with Crippen LogP contribution in [0.15, 0.2) is 40.9 Å². The molecule has 0 aliphatic heterocycles. The molecule has 0 bridgehead atoms. The van der Waals surface area contributed by atoms with E-state index in [-0.39, 0.29) is 0 Å². The van der Waals surface area contributed by atoms with Gasteiger partial charge < -0.3 is 9.63 Å². The molecule has 0 aliphatic rings. The largest absolute Gasteiger partial charge is 0.388 e. The fourth-order valence-corrected chi connectivity index (χ4v) is 1.50. The molecular formula is C12H13NO2. The number of hydrogen-bond acceptors (Lipinski definition) is 3. The average Bonchev–Trinajstić information content (AvgIpc) is 2.65. The van der Waals surface area contributed by atoms with E-state index in [0.717, 1.165) is 11.3 Å². The van der Waals surface area contributed by atoms with Crippen LogP contribution in [-0.2, 0) is 6.42 Å². The molecule has 1 aromatic heterocycles. The molecule has 0 aliphatic carbocycles. The van der Waals surface area contributed by atoms with Gasteiger partial charge in [0, 0.05) is 12.5 Å². The van der Waals surface area contributed by atoms with Gasteiger partial charge in [-0.1, -0.05) is 35.5 Å². The number of aromatic nitrogens is 1. The van der Waals surface area contributed by atoms with Crippen molar-refractivity contribution in [2.24, 2.45) is 0 Å². The third kappa shape index (κ3) is 2.44. The van der Waals surface area contributed by atoms with Gasteiger partial charge in [-0.3, -0.25) is 0 Å². The van der Waals surface area contributed by atoms with Crippen LogP contribution in [0.3, 0.4) is 0 Å². The molecule has 0 unspecified atom stereocenters. The number of benzene rings is 1. The molecule has 3 nitrogen and oxygen atoms in total. The molecule has 3 heteroatoms. The number of nitrogens with zero attached hydrogens (tertiary/aromatic N) is 1. The molecule has 1 N–H and O–H groups in total. The second kappa shape index (κ2) is 4.28. The Morgan fingerprint density at radius 3 is 2.67 bits per heavy atom. The van der Waals surface area contributed by atoms with Crippen molar-refractivity contribution < 1.29 is 9.63 Å². The Hall–Kier alpha value is -1.61. The predicted molar refractivity (Wildman–Crippen MR) is 56.3 cm³/mol. The van der Waals surface area contributed by atoms with E-state index in [2.05, 4.69) is 5.16 Å². The number of aliphatic hydroxyl groups is 1. The summed E-state index contributed by atoms with van der Waals surface area (Å²) in [4.78, 5) is 0. The van der Waals surface area contributed by atoms with Crippen molar-refractivity contribution in [3.05, 3.63) is 53.4 Å². The Kier molecular flexibility index (Phi) is 2.83. The lowest BCUT2D eigenvalue weighted by atomic mass is 10.1. The Labute approximate surface area is 88.3 Å². The Balaban J connectivity index is 2.07. The van der Waals surface area contributed by atoms with Gasteiger partial charge in [0.2, 0.25) is 0 Å². The molecule has 2 rings (SSSR count). The molecule has 0 fully saturated rings. The maximum Gasteiger partial charge on any atom is 0.139 e. The molecule has 2 aromatic rings. The monoisotopic (exact) mass is 203 g/mol. The first-order valence-electron chi connectivity index (χ1n) is 4.91. The van der Waals surface area contributed by atoms with Crippen molar-refractivity contribution in [3.8, 4) is 0 Å². The smallest absolute Gasteiger partial charge is 0.139 e. The van der Waals surface area contributed by atoms with Gasteiger partial charge in [0.05, 0.1) is 11.8 Å². The average molecular weight is 203 g/mol. The molecule has 1 atom stereocenters. The zero-order chi connectivity index (χ0) is 10.7. The van der Waals surface area contributed by atoms with E-state index in [4.69, 9.17) is 4.52 Å². The van der Waals surface area contributed by atoms with Crippen LogP contribution in [0, 0.1) is 6.92 Å². The maximum absolute atomic E-state index is 9.90. The Bertz CT molecular complexity index is 422. The summed E-state index contributed by atoms with van der Waals surface area (Å²) in [7, 11) is 0. The second-order valence-electron chi connectivity index (χ2n) is 3.57. The van der Waals surface area contributed by atoms with Gasteiger partial charge in [0.1, 0.15) is 5.76 Å². The van der Waals surface area contributed by atoms with E-state index in [9.17, 15) is 5.11 Å². The lowest BCUT2D eigenvalue weighted by Crippen LogP contribution is -2.00. The summed E-state index contributed by atoms with van der Waals surface area (Å²) in [6, 6.07) is 11.4. The zero-order valence-electron chi connectivity index (χ0n) is 8.55. The van der Waals surface area contributed by atoms with Gasteiger partial charge in [-0.15, -0.1) is 0 Å². The van der Waals surface area contributed by atoms with Gasteiger partial charge in [-0.05, 0) is 12.5 Å². The molecule has 1 heterocycles. The van der Waals surface area contributed by atoms with Gasteiger partial charge in [-0.25, -0.2) is 0 Å². The summed E-state index contributed by atoms with van der Waals surface area (Å²) >= 11 is 0. The number of aryl methyl sites for hydroxylation is 1. The maximum atomic E-state index is 9.90. The zero-order valence-corrected chi connectivity index (χ0v) is 8.55. The highest BCUT2D eigenvalue weighted by Gasteiger charge is 2.10. The van der Waals surface area contributed by atoms with Crippen LogP contribution in [0.25, 0.3) is 0 Å². The normalized spacial score (nSPS) is 12.7. The predicted octanol–water partition coefficient (Wildman–Crippen LogP) is 2.26. The standard InChI is InChI=1S/C12H13NO2/c1-9-7-11(15-13-9)8-12(14)10-5-3-2-4-6-10/h2-7,12,14H,8H2,1H3/t12-/m1/s1. The Morgan fingerprint density at radius 1 is 1.33 bits per heavy atom. The van der Waals surface area contributed by atoms with Crippen LogP contribution in [-0.4, -0.2) is 10.3 Å². The van der Waals surface area contributed by atoms with Crippen molar-refractivity contribution >= 4 is 0 Å². The van der Waals surface area contributed by atoms with Crippen molar-refractivity contribution in [2.45, 2.75) is 19.4 Å². The molecule has 1 aromatic carbocycles. The van der Waals surface area contributed by atoms with E-state index < -0.39 is 6.10 Å². The molecule has 78 valence electrons. The van der Waals surface area contributed by atoms with Crippen LogP contribution in [0.4, 0.5) is 0 Å².